The second kappa shape index (κ2) is 8.35. The van der Waals surface area contributed by atoms with Crippen LogP contribution in [0.5, 0.6) is 0 Å². The van der Waals surface area contributed by atoms with E-state index in [0.29, 0.717) is 5.82 Å². The van der Waals surface area contributed by atoms with E-state index < -0.39 is 9.84 Å². The molecule has 7 nitrogen and oxygen atoms in total. The van der Waals surface area contributed by atoms with Crippen LogP contribution in [0.4, 0.5) is 10.6 Å². The summed E-state index contributed by atoms with van der Waals surface area (Å²) < 4.78 is 24.8. The molecule has 0 spiro atoms. The molecule has 0 aliphatic heterocycles. The summed E-state index contributed by atoms with van der Waals surface area (Å²) >= 11 is 0. The minimum atomic E-state index is -3.23. The molecule has 0 bridgehead atoms. The van der Waals surface area contributed by atoms with Crippen LogP contribution in [0.15, 0.2) is 35.2 Å². The predicted molar refractivity (Wildman–Crippen MR) is 102 cm³/mol. The lowest BCUT2D eigenvalue weighted by Crippen LogP contribution is -2.32. The largest absolute Gasteiger partial charge is 0.331 e. The summed E-state index contributed by atoms with van der Waals surface area (Å²) in [7, 11) is -3.23. The van der Waals surface area contributed by atoms with Crippen molar-refractivity contribution in [2.75, 3.05) is 11.6 Å². The van der Waals surface area contributed by atoms with Crippen molar-refractivity contribution in [1.82, 2.24) is 15.1 Å². The molecule has 8 heteroatoms. The zero-order valence-corrected chi connectivity index (χ0v) is 16.4. The van der Waals surface area contributed by atoms with Gasteiger partial charge in [-0.1, -0.05) is 25.5 Å². The maximum absolute atomic E-state index is 12.3. The maximum Gasteiger partial charge on any atom is 0.320 e. The van der Waals surface area contributed by atoms with E-state index in [2.05, 4.69) is 22.7 Å². The number of aromatic nitrogens is 2. The average molecular weight is 378 g/mol. The van der Waals surface area contributed by atoms with Crippen molar-refractivity contribution < 1.29 is 13.2 Å². The molecule has 1 unspecified atom stereocenters. The first kappa shape index (κ1) is 20.0. The Kier molecular flexibility index (Phi) is 6.42. The van der Waals surface area contributed by atoms with Gasteiger partial charge in [-0.25, -0.2) is 17.9 Å². The van der Waals surface area contributed by atoms with Gasteiger partial charge < -0.3 is 5.32 Å². The van der Waals surface area contributed by atoms with Crippen molar-refractivity contribution in [3.05, 3.63) is 41.6 Å². The quantitative estimate of drug-likeness (QED) is 0.773. The van der Waals surface area contributed by atoms with E-state index >= 15 is 0 Å². The molecule has 2 N–H and O–H groups in total. The molecule has 1 aromatic carbocycles. The molecule has 0 aliphatic carbocycles. The van der Waals surface area contributed by atoms with Crippen LogP contribution in [0.2, 0.25) is 0 Å². The zero-order chi connectivity index (χ0) is 19.3. The van der Waals surface area contributed by atoms with E-state index in [-0.39, 0.29) is 17.0 Å². The molecule has 0 aliphatic rings. The van der Waals surface area contributed by atoms with Crippen molar-refractivity contribution in [2.24, 2.45) is 0 Å². The summed E-state index contributed by atoms with van der Waals surface area (Å²) in [6.07, 6.45) is 3.20. The molecule has 1 heterocycles. The number of amides is 2. The number of hydrogen-bond donors (Lipinski definition) is 2. The molecular weight excluding hydrogens is 352 g/mol. The van der Waals surface area contributed by atoms with Crippen LogP contribution >= 0.6 is 0 Å². The number of unbranched alkanes of at least 4 members (excludes halogenated alkanes) is 1. The van der Waals surface area contributed by atoms with Crippen LogP contribution in [-0.2, 0) is 16.4 Å². The summed E-state index contributed by atoms with van der Waals surface area (Å²) in [6.45, 7) is 6.58. The van der Waals surface area contributed by atoms with Gasteiger partial charge >= 0.3 is 6.03 Å². The highest BCUT2D eigenvalue weighted by atomic mass is 32.2. The molecule has 1 atom stereocenters. The number of anilines is 1. The Bertz CT molecular complexity index is 857. The second-order valence-electron chi connectivity index (χ2n) is 6.41. The monoisotopic (exact) mass is 378 g/mol. The Morgan fingerprint density at radius 2 is 1.92 bits per heavy atom. The van der Waals surface area contributed by atoms with E-state index in [1.54, 1.807) is 28.9 Å². The number of nitrogens with one attached hydrogen (secondary N) is 2. The highest BCUT2D eigenvalue weighted by molar-refractivity contribution is 7.90. The van der Waals surface area contributed by atoms with E-state index in [1.165, 1.54) is 6.26 Å². The molecule has 0 fully saturated rings. The van der Waals surface area contributed by atoms with Crippen LogP contribution in [0.25, 0.3) is 0 Å². The molecule has 1 aromatic heterocycles. The Morgan fingerprint density at radius 1 is 1.27 bits per heavy atom. The molecule has 2 amide bonds. The fourth-order valence-corrected chi connectivity index (χ4v) is 3.19. The molecule has 0 saturated heterocycles. The van der Waals surface area contributed by atoms with Crippen molar-refractivity contribution in [3.63, 3.8) is 0 Å². The first-order chi connectivity index (χ1) is 12.2. The van der Waals surface area contributed by atoms with Gasteiger partial charge in [0.05, 0.1) is 16.6 Å². The number of aryl methyl sites for hydroxylation is 2. The van der Waals surface area contributed by atoms with Crippen LogP contribution in [-0.4, -0.2) is 30.5 Å². The van der Waals surface area contributed by atoms with Crippen LogP contribution in [0.3, 0.4) is 0 Å². The van der Waals surface area contributed by atoms with E-state index in [4.69, 9.17) is 0 Å². The van der Waals surface area contributed by atoms with Crippen molar-refractivity contribution in [1.29, 1.82) is 0 Å². The van der Waals surface area contributed by atoms with Gasteiger partial charge in [-0.2, -0.15) is 5.10 Å². The third-order valence-electron chi connectivity index (χ3n) is 4.02. The van der Waals surface area contributed by atoms with Crippen LogP contribution < -0.4 is 10.6 Å². The number of rotatable bonds is 7. The minimum Gasteiger partial charge on any atom is -0.331 e. The first-order valence-electron chi connectivity index (χ1n) is 8.62. The Balaban J connectivity index is 2.01. The van der Waals surface area contributed by atoms with Crippen LogP contribution in [0, 0.1) is 6.92 Å². The van der Waals surface area contributed by atoms with Gasteiger partial charge in [0.15, 0.2) is 9.84 Å². The predicted octanol–water partition coefficient (Wildman–Crippen LogP) is 3.28. The maximum atomic E-state index is 12.3. The second-order valence-corrected chi connectivity index (χ2v) is 8.42. The van der Waals surface area contributed by atoms with Gasteiger partial charge in [0.1, 0.15) is 5.82 Å². The van der Waals surface area contributed by atoms with E-state index in [1.807, 2.05) is 19.9 Å². The number of sulfone groups is 1. The van der Waals surface area contributed by atoms with Gasteiger partial charge in [0, 0.05) is 18.9 Å². The summed E-state index contributed by atoms with van der Waals surface area (Å²) in [6, 6.07) is 7.74. The number of hydrogen-bond acceptors (Lipinski definition) is 4. The molecule has 2 rings (SSSR count). The summed E-state index contributed by atoms with van der Waals surface area (Å²) in [5.41, 5.74) is 1.67. The van der Waals surface area contributed by atoms with Gasteiger partial charge in [-0.3, -0.25) is 5.32 Å². The number of carbonyl (C=O) groups is 1. The molecule has 142 valence electrons. The van der Waals surface area contributed by atoms with E-state index in [0.717, 1.165) is 30.6 Å². The first-order valence-corrected chi connectivity index (χ1v) is 10.5. The summed E-state index contributed by atoms with van der Waals surface area (Å²) in [5.74, 6) is 0.660. The molecule has 0 saturated carbocycles. The number of benzene rings is 1. The Morgan fingerprint density at radius 3 is 2.50 bits per heavy atom. The fraction of sp³-hybridized carbons (Fsp3) is 0.444. The normalized spacial score (nSPS) is 12.6. The lowest BCUT2D eigenvalue weighted by atomic mass is 10.1. The minimum absolute atomic E-state index is 0.258. The topological polar surface area (TPSA) is 93.1 Å². The number of carbonyl (C=O) groups excluding carboxylic acids is 1. The Hall–Kier alpha value is -2.35. The SMILES string of the molecule is CCCCn1nc(C)cc1NC(=O)NC(C)c1ccc(S(C)(=O)=O)cc1. The highest BCUT2D eigenvalue weighted by Crippen LogP contribution is 2.17. The number of nitrogens with zero attached hydrogens (tertiary/aromatic N) is 2. The third-order valence-corrected chi connectivity index (χ3v) is 5.15. The van der Waals surface area contributed by atoms with Crippen LogP contribution in [0.1, 0.15) is 44.0 Å². The van der Waals surface area contributed by atoms with Gasteiger partial charge in [0.2, 0.25) is 0 Å². The van der Waals surface area contributed by atoms with Crippen molar-refractivity contribution in [3.8, 4) is 0 Å². The summed E-state index contributed by atoms with van der Waals surface area (Å²) in [5, 5.41) is 10.1. The third kappa shape index (κ3) is 5.32. The smallest absolute Gasteiger partial charge is 0.320 e. The van der Waals surface area contributed by atoms with Gasteiger partial charge in [-0.15, -0.1) is 0 Å². The van der Waals surface area contributed by atoms with Crippen molar-refractivity contribution in [2.45, 2.75) is 51.1 Å². The lowest BCUT2D eigenvalue weighted by Gasteiger charge is -2.16. The molecule has 2 aromatic rings. The number of urea groups is 1. The van der Waals surface area contributed by atoms with E-state index in [9.17, 15) is 13.2 Å². The summed E-state index contributed by atoms with van der Waals surface area (Å²) in [4.78, 5) is 12.6. The highest BCUT2D eigenvalue weighted by Gasteiger charge is 2.14. The van der Waals surface area contributed by atoms with Crippen molar-refractivity contribution >= 4 is 21.7 Å². The Labute approximate surface area is 154 Å². The molecule has 0 radical (unpaired) electrons. The molecular formula is C18H26N4O3S. The lowest BCUT2D eigenvalue weighted by molar-refractivity contribution is 0.249. The standard InChI is InChI=1S/C18H26N4O3S/c1-5-6-11-22-17(12-13(2)21-22)20-18(23)19-14(3)15-7-9-16(10-8-15)26(4,24)25/h7-10,12,14H,5-6,11H2,1-4H3,(H2,19,20,23). The zero-order valence-electron chi connectivity index (χ0n) is 15.6. The average Bonchev–Trinajstić information content (AvgIpc) is 2.91. The fourth-order valence-electron chi connectivity index (χ4n) is 2.56. The van der Waals surface area contributed by atoms with Gasteiger partial charge in [0.25, 0.3) is 0 Å². The molecule has 26 heavy (non-hydrogen) atoms. The van der Waals surface area contributed by atoms with Gasteiger partial charge in [-0.05, 0) is 38.0 Å².